The Morgan fingerprint density at radius 1 is 1.31 bits per heavy atom. The lowest BCUT2D eigenvalue weighted by atomic mass is 9.88. The van der Waals surface area contributed by atoms with Gasteiger partial charge < -0.3 is 10.3 Å². The quantitative estimate of drug-likeness (QED) is 0.889. The van der Waals surface area contributed by atoms with E-state index in [4.69, 9.17) is 5.26 Å². The molecule has 0 saturated heterocycles. The first-order chi connectivity index (χ1) is 12.5. The lowest BCUT2D eigenvalue weighted by Crippen LogP contribution is -2.39. The van der Waals surface area contributed by atoms with Crippen LogP contribution in [0.3, 0.4) is 0 Å². The summed E-state index contributed by atoms with van der Waals surface area (Å²) in [7, 11) is 0. The Hall–Kier alpha value is -2.87. The molecule has 3 rings (SSSR count). The molecule has 1 aromatic heterocycles. The number of aromatic nitrogens is 1. The van der Waals surface area contributed by atoms with E-state index in [2.05, 4.69) is 28.5 Å². The second-order valence-corrected chi connectivity index (χ2v) is 6.95. The second kappa shape index (κ2) is 7.57. The number of rotatable bonds is 4. The van der Waals surface area contributed by atoms with Crippen LogP contribution in [0.5, 0.6) is 0 Å². The average molecular weight is 349 g/mol. The average Bonchev–Trinajstić information content (AvgIpc) is 2.61. The molecule has 0 radical (unpaired) electrons. The summed E-state index contributed by atoms with van der Waals surface area (Å²) >= 11 is 0. The Morgan fingerprint density at radius 3 is 2.77 bits per heavy atom. The van der Waals surface area contributed by atoms with Crippen LogP contribution in [0, 0.1) is 25.2 Å². The van der Waals surface area contributed by atoms with E-state index in [1.165, 1.54) is 11.1 Å². The standard InChI is InChI=1S/C21H23N3O2/c1-13-18(14(2)23-21(26)19(13)12-22)9-10-20(25)24-17-8-7-15-5-3-4-6-16(15)11-17/h3-6,17H,7-11H2,1-2H3,(H,23,26)(H,24,25). The summed E-state index contributed by atoms with van der Waals surface area (Å²) in [6, 6.07) is 10.5. The first-order valence-corrected chi connectivity index (χ1v) is 8.98. The number of carbonyl (C=O) groups is 1. The van der Waals surface area contributed by atoms with Gasteiger partial charge in [-0.2, -0.15) is 5.26 Å². The van der Waals surface area contributed by atoms with Crippen molar-refractivity contribution >= 4 is 5.91 Å². The number of hydrogen-bond acceptors (Lipinski definition) is 3. The third-order valence-electron chi connectivity index (χ3n) is 5.23. The Kier molecular flexibility index (Phi) is 5.22. The van der Waals surface area contributed by atoms with Gasteiger partial charge in [0.25, 0.3) is 5.56 Å². The van der Waals surface area contributed by atoms with Crippen molar-refractivity contribution in [1.29, 1.82) is 5.26 Å². The monoisotopic (exact) mass is 349 g/mol. The van der Waals surface area contributed by atoms with E-state index in [-0.39, 0.29) is 23.1 Å². The summed E-state index contributed by atoms with van der Waals surface area (Å²) in [5, 5.41) is 12.3. The van der Waals surface area contributed by atoms with E-state index in [0.717, 1.165) is 30.5 Å². The molecule has 1 unspecified atom stereocenters. The van der Waals surface area contributed by atoms with Crippen LogP contribution in [0.15, 0.2) is 29.1 Å². The summed E-state index contributed by atoms with van der Waals surface area (Å²) in [6.07, 6.45) is 3.68. The molecular weight excluding hydrogens is 326 g/mol. The van der Waals surface area contributed by atoms with Crippen molar-refractivity contribution in [3.05, 3.63) is 68.1 Å². The number of hydrogen-bond donors (Lipinski definition) is 2. The summed E-state index contributed by atoms with van der Waals surface area (Å²) in [4.78, 5) is 26.9. The van der Waals surface area contributed by atoms with Crippen LogP contribution < -0.4 is 10.9 Å². The van der Waals surface area contributed by atoms with E-state index in [1.54, 1.807) is 13.8 Å². The SMILES string of the molecule is Cc1[nH]c(=O)c(C#N)c(C)c1CCC(=O)NC1CCc2ccccc2C1. The third kappa shape index (κ3) is 3.70. The fraction of sp³-hybridized carbons (Fsp3) is 0.381. The molecule has 0 aliphatic heterocycles. The molecule has 1 aliphatic rings. The molecule has 0 saturated carbocycles. The molecule has 0 spiro atoms. The first-order valence-electron chi connectivity index (χ1n) is 8.98. The molecule has 1 heterocycles. The van der Waals surface area contributed by atoms with Crippen LogP contribution in [-0.4, -0.2) is 16.9 Å². The highest BCUT2D eigenvalue weighted by molar-refractivity contribution is 5.76. The zero-order chi connectivity index (χ0) is 18.7. The smallest absolute Gasteiger partial charge is 0.266 e. The molecule has 2 aromatic rings. The molecule has 134 valence electrons. The summed E-state index contributed by atoms with van der Waals surface area (Å²) in [5.41, 5.74) is 4.74. The Morgan fingerprint density at radius 2 is 2.04 bits per heavy atom. The largest absolute Gasteiger partial charge is 0.353 e. The predicted octanol–water partition coefficient (Wildman–Crippen LogP) is 2.47. The van der Waals surface area contributed by atoms with Crippen molar-refractivity contribution in [1.82, 2.24) is 10.3 Å². The number of aromatic amines is 1. The summed E-state index contributed by atoms with van der Waals surface area (Å²) in [5.74, 6) is 0.0119. The normalized spacial score (nSPS) is 15.8. The van der Waals surface area contributed by atoms with Gasteiger partial charge in [-0.25, -0.2) is 0 Å². The van der Waals surface area contributed by atoms with E-state index in [1.807, 2.05) is 12.1 Å². The number of amides is 1. The number of nitrogens with zero attached hydrogens (tertiary/aromatic N) is 1. The number of benzene rings is 1. The van der Waals surface area contributed by atoms with Crippen molar-refractivity contribution < 1.29 is 4.79 Å². The van der Waals surface area contributed by atoms with E-state index in [0.29, 0.717) is 18.4 Å². The number of nitrogens with one attached hydrogen (secondary N) is 2. The number of pyridine rings is 1. The predicted molar refractivity (Wildman–Crippen MR) is 100.0 cm³/mol. The van der Waals surface area contributed by atoms with Crippen molar-refractivity contribution in [2.45, 2.75) is 52.0 Å². The molecule has 5 nitrogen and oxygen atoms in total. The minimum atomic E-state index is -0.364. The molecular formula is C21H23N3O2. The molecule has 2 N–H and O–H groups in total. The van der Waals surface area contributed by atoms with Gasteiger partial charge in [-0.05, 0) is 61.8 Å². The highest BCUT2D eigenvalue weighted by Crippen LogP contribution is 2.21. The summed E-state index contributed by atoms with van der Waals surface area (Å²) in [6.45, 7) is 3.58. The topological polar surface area (TPSA) is 85.8 Å². The van der Waals surface area contributed by atoms with Gasteiger partial charge in [0, 0.05) is 18.2 Å². The highest BCUT2D eigenvalue weighted by Gasteiger charge is 2.20. The van der Waals surface area contributed by atoms with Crippen LogP contribution in [0.2, 0.25) is 0 Å². The van der Waals surface area contributed by atoms with Gasteiger partial charge in [0.15, 0.2) is 0 Å². The summed E-state index contributed by atoms with van der Waals surface area (Å²) < 4.78 is 0. The second-order valence-electron chi connectivity index (χ2n) is 6.95. The van der Waals surface area contributed by atoms with Crippen LogP contribution in [0.4, 0.5) is 0 Å². The number of nitriles is 1. The molecule has 26 heavy (non-hydrogen) atoms. The number of aryl methyl sites for hydroxylation is 2. The van der Waals surface area contributed by atoms with Gasteiger partial charge in [-0.1, -0.05) is 24.3 Å². The maximum atomic E-state index is 12.4. The number of carbonyl (C=O) groups excluding carboxylic acids is 1. The van der Waals surface area contributed by atoms with E-state index < -0.39 is 0 Å². The van der Waals surface area contributed by atoms with E-state index in [9.17, 15) is 9.59 Å². The fourth-order valence-electron chi connectivity index (χ4n) is 3.78. The molecule has 5 heteroatoms. The minimum absolute atomic E-state index is 0.0119. The van der Waals surface area contributed by atoms with Crippen molar-refractivity contribution in [2.24, 2.45) is 0 Å². The highest BCUT2D eigenvalue weighted by atomic mass is 16.1. The van der Waals surface area contributed by atoms with Crippen molar-refractivity contribution in [3.8, 4) is 6.07 Å². The van der Waals surface area contributed by atoms with Gasteiger partial charge in [0.05, 0.1) is 0 Å². The van der Waals surface area contributed by atoms with Crippen LogP contribution >= 0.6 is 0 Å². The van der Waals surface area contributed by atoms with Crippen LogP contribution in [0.1, 0.15) is 46.4 Å². The maximum absolute atomic E-state index is 12.4. The Balaban J connectivity index is 1.62. The van der Waals surface area contributed by atoms with Gasteiger partial charge in [-0.3, -0.25) is 9.59 Å². The molecule has 1 atom stereocenters. The van der Waals surface area contributed by atoms with Gasteiger partial charge in [0.2, 0.25) is 5.91 Å². The number of fused-ring (bicyclic) bond motifs is 1. The molecule has 1 aromatic carbocycles. The molecule has 0 bridgehead atoms. The molecule has 1 amide bonds. The number of H-pyrrole nitrogens is 1. The van der Waals surface area contributed by atoms with E-state index >= 15 is 0 Å². The third-order valence-corrected chi connectivity index (χ3v) is 5.23. The lowest BCUT2D eigenvalue weighted by molar-refractivity contribution is -0.121. The van der Waals surface area contributed by atoms with Crippen molar-refractivity contribution in [3.63, 3.8) is 0 Å². The Bertz CT molecular complexity index is 937. The Labute approximate surface area is 153 Å². The van der Waals surface area contributed by atoms with Crippen LogP contribution in [0.25, 0.3) is 0 Å². The van der Waals surface area contributed by atoms with Crippen LogP contribution in [-0.2, 0) is 24.1 Å². The first kappa shape index (κ1) is 17.9. The fourth-order valence-corrected chi connectivity index (χ4v) is 3.78. The molecule has 0 fully saturated rings. The lowest BCUT2D eigenvalue weighted by Gasteiger charge is -2.25. The molecule has 1 aliphatic carbocycles. The minimum Gasteiger partial charge on any atom is -0.353 e. The van der Waals surface area contributed by atoms with Gasteiger partial charge >= 0.3 is 0 Å². The van der Waals surface area contributed by atoms with Crippen molar-refractivity contribution in [2.75, 3.05) is 0 Å². The van der Waals surface area contributed by atoms with Gasteiger partial charge in [0.1, 0.15) is 11.6 Å². The maximum Gasteiger partial charge on any atom is 0.266 e. The zero-order valence-corrected chi connectivity index (χ0v) is 15.2. The zero-order valence-electron chi connectivity index (χ0n) is 15.2. The van der Waals surface area contributed by atoms with Gasteiger partial charge in [-0.15, -0.1) is 0 Å².